The molecule has 116 valence electrons. The highest BCUT2D eigenvalue weighted by Crippen LogP contribution is 2.36. The van der Waals surface area contributed by atoms with Crippen molar-refractivity contribution in [2.24, 2.45) is 5.41 Å². The minimum absolute atomic E-state index is 0.0941. The first-order chi connectivity index (χ1) is 9.67. The molecule has 1 aromatic carbocycles. The van der Waals surface area contributed by atoms with E-state index in [1.165, 1.54) is 24.3 Å². The summed E-state index contributed by atoms with van der Waals surface area (Å²) in [4.78, 5) is 12.0. The standard InChI is InChI=1S/C15H19ClO4S/c1-15(2)8-6-12(7-9-15)20-14(17)11-4-3-5-13(10-11)21(16,18)19/h3-5,10,12H,6-9H2,1-2H3. The molecule has 6 heteroatoms. The first-order valence-corrected chi connectivity index (χ1v) is 9.24. The van der Waals surface area contributed by atoms with Crippen molar-refractivity contribution in [2.45, 2.75) is 50.5 Å². The lowest BCUT2D eigenvalue weighted by Gasteiger charge is -2.33. The average molecular weight is 331 g/mol. The van der Waals surface area contributed by atoms with Gasteiger partial charge in [0.05, 0.1) is 10.5 Å². The average Bonchev–Trinajstić information content (AvgIpc) is 2.40. The number of rotatable bonds is 3. The maximum Gasteiger partial charge on any atom is 0.338 e. The van der Waals surface area contributed by atoms with Crippen LogP contribution in [0.25, 0.3) is 0 Å². The van der Waals surface area contributed by atoms with Crippen LogP contribution in [-0.4, -0.2) is 20.5 Å². The second-order valence-electron chi connectivity index (χ2n) is 6.23. The third kappa shape index (κ3) is 4.45. The van der Waals surface area contributed by atoms with Crippen LogP contribution in [0.3, 0.4) is 0 Å². The van der Waals surface area contributed by atoms with Gasteiger partial charge in [-0.3, -0.25) is 0 Å². The summed E-state index contributed by atoms with van der Waals surface area (Å²) in [6.07, 6.45) is 3.61. The molecule has 0 unspecified atom stereocenters. The van der Waals surface area contributed by atoms with Crippen molar-refractivity contribution in [3.63, 3.8) is 0 Å². The van der Waals surface area contributed by atoms with E-state index in [2.05, 4.69) is 13.8 Å². The minimum atomic E-state index is -3.84. The third-order valence-electron chi connectivity index (χ3n) is 3.91. The van der Waals surface area contributed by atoms with Gasteiger partial charge in [0.25, 0.3) is 9.05 Å². The lowest BCUT2D eigenvalue weighted by molar-refractivity contribution is 0.00949. The Morgan fingerprint density at radius 1 is 1.29 bits per heavy atom. The highest BCUT2D eigenvalue weighted by atomic mass is 35.7. The Morgan fingerprint density at radius 2 is 1.90 bits per heavy atom. The van der Waals surface area contributed by atoms with E-state index in [9.17, 15) is 13.2 Å². The second-order valence-corrected chi connectivity index (χ2v) is 8.80. The zero-order valence-corrected chi connectivity index (χ0v) is 13.7. The molecule has 0 atom stereocenters. The van der Waals surface area contributed by atoms with E-state index < -0.39 is 15.0 Å². The van der Waals surface area contributed by atoms with E-state index in [0.29, 0.717) is 5.41 Å². The summed E-state index contributed by atoms with van der Waals surface area (Å²) in [5.41, 5.74) is 0.511. The molecule has 4 nitrogen and oxygen atoms in total. The van der Waals surface area contributed by atoms with Gasteiger partial charge in [0.1, 0.15) is 6.10 Å². The molecule has 1 fully saturated rings. The van der Waals surface area contributed by atoms with Crippen LogP contribution in [0.1, 0.15) is 49.9 Å². The van der Waals surface area contributed by atoms with Gasteiger partial charge < -0.3 is 4.74 Å². The lowest BCUT2D eigenvalue weighted by Crippen LogP contribution is -2.28. The fourth-order valence-electron chi connectivity index (χ4n) is 2.48. The zero-order valence-electron chi connectivity index (χ0n) is 12.1. The monoisotopic (exact) mass is 330 g/mol. The van der Waals surface area contributed by atoms with Crippen LogP contribution in [0.5, 0.6) is 0 Å². The molecule has 1 aliphatic rings. The Bertz CT molecular complexity index is 627. The number of halogens is 1. The first-order valence-electron chi connectivity index (χ1n) is 6.93. The fourth-order valence-corrected chi connectivity index (χ4v) is 3.28. The van der Waals surface area contributed by atoms with Gasteiger partial charge in [-0.15, -0.1) is 0 Å². The zero-order chi connectivity index (χ0) is 15.7. The lowest BCUT2D eigenvalue weighted by atomic mass is 9.76. The number of ether oxygens (including phenoxy) is 1. The number of carbonyl (C=O) groups excluding carboxylic acids is 1. The molecule has 0 heterocycles. The van der Waals surface area contributed by atoms with Crippen molar-refractivity contribution < 1.29 is 17.9 Å². The number of hydrogen-bond acceptors (Lipinski definition) is 4. The Balaban J connectivity index is 2.05. The van der Waals surface area contributed by atoms with Crippen LogP contribution >= 0.6 is 10.7 Å². The molecule has 1 saturated carbocycles. The van der Waals surface area contributed by atoms with E-state index >= 15 is 0 Å². The Labute approximate surface area is 129 Å². The molecule has 0 amide bonds. The normalized spacial score (nSPS) is 19.2. The van der Waals surface area contributed by atoms with E-state index in [1.807, 2.05) is 0 Å². The number of benzene rings is 1. The summed E-state index contributed by atoms with van der Waals surface area (Å²) < 4.78 is 28.0. The first kappa shape index (κ1) is 16.3. The fraction of sp³-hybridized carbons (Fsp3) is 0.533. The molecule has 21 heavy (non-hydrogen) atoms. The molecule has 0 radical (unpaired) electrons. The molecule has 2 rings (SSSR count). The van der Waals surface area contributed by atoms with Crippen LogP contribution in [0.2, 0.25) is 0 Å². The molecule has 0 saturated heterocycles. The van der Waals surface area contributed by atoms with E-state index in [4.69, 9.17) is 15.4 Å². The van der Waals surface area contributed by atoms with Gasteiger partial charge in [-0.25, -0.2) is 13.2 Å². The largest absolute Gasteiger partial charge is 0.459 e. The number of carbonyl (C=O) groups is 1. The van der Waals surface area contributed by atoms with Gasteiger partial charge in [0.15, 0.2) is 0 Å². The quantitative estimate of drug-likeness (QED) is 0.625. The molecule has 0 spiro atoms. The topological polar surface area (TPSA) is 60.4 Å². The van der Waals surface area contributed by atoms with Crippen LogP contribution in [0.15, 0.2) is 29.2 Å². The van der Waals surface area contributed by atoms with Crippen molar-refractivity contribution >= 4 is 25.7 Å². The second kappa shape index (κ2) is 5.97. The van der Waals surface area contributed by atoms with Crippen molar-refractivity contribution in [3.8, 4) is 0 Å². The highest BCUT2D eigenvalue weighted by Gasteiger charge is 2.29. The molecular formula is C15H19ClO4S. The van der Waals surface area contributed by atoms with Crippen molar-refractivity contribution in [1.82, 2.24) is 0 Å². The maximum atomic E-state index is 12.1. The van der Waals surface area contributed by atoms with E-state index in [1.54, 1.807) is 0 Å². The SMILES string of the molecule is CC1(C)CCC(OC(=O)c2cccc(S(=O)(=O)Cl)c2)CC1. The van der Waals surface area contributed by atoms with Gasteiger partial charge in [0, 0.05) is 10.7 Å². The van der Waals surface area contributed by atoms with Crippen LogP contribution in [0, 0.1) is 5.41 Å². The Kier molecular flexibility index (Phi) is 4.63. The molecule has 1 aromatic rings. The van der Waals surface area contributed by atoms with Crippen LogP contribution in [0.4, 0.5) is 0 Å². The summed E-state index contributed by atoms with van der Waals surface area (Å²) >= 11 is 0. The predicted molar refractivity (Wildman–Crippen MR) is 80.9 cm³/mol. The van der Waals surface area contributed by atoms with E-state index in [-0.39, 0.29) is 16.6 Å². The molecule has 0 aliphatic heterocycles. The van der Waals surface area contributed by atoms with Crippen LogP contribution < -0.4 is 0 Å². The summed E-state index contributed by atoms with van der Waals surface area (Å²) in [6, 6.07) is 5.61. The molecule has 0 aromatic heterocycles. The van der Waals surface area contributed by atoms with Gasteiger partial charge in [-0.05, 0) is 49.3 Å². The summed E-state index contributed by atoms with van der Waals surface area (Å²) in [7, 11) is 1.44. The summed E-state index contributed by atoms with van der Waals surface area (Å²) in [5.74, 6) is -0.498. The maximum absolute atomic E-state index is 12.1. The summed E-state index contributed by atoms with van der Waals surface area (Å²) in [6.45, 7) is 4.42. The van der Waals surface area contributed by atoms with Crippen molar-refractivity contribution in [2.75, 3.05) is 0 Å². The Hall–Kier alpha value is -1.07. The highest BCUT2D eigenvalue weighted by molar-refractivity contribution is 8.13. The van der Waals surface area contributed by atoms with Gasteiger partial charge >= 0.3 is 5.97 Å². The Morgan fingerprint density at radius 3 is 2.48 bits per heavy atom. The van der Waals surface area contributed by atoms with Gasteiger partial charge in [-0.1, -0.05) is 19.9 Å². The number of esters is 1. The van der Waals surface area contributed by atoms with Gasteiger partial charge in [0.2, 0.25) is 0 Å². The number of hydrogen-bond donors (Lipinski definition) is 0. The minimum Gasteiger partial charge on any atom is -0.459 e. The van der Waals surface area contributed by atoms with Crippen LogP contribution in [-0.2, 0) is 13.8 Å². The van der Waals surface area contributed by atoms with Crippen molar-refractivity contribution in [1.29, 1.82) is 0 Å². The molecule has 0 N–H and O–H groups in total. The third-order valence-corrected chi connectivity index (χ3v) is 5.26. The molecular weight excluding hydrogens is 312 g/mol. The summed E-state index contributed by atoms with van der Waals surface area (Å²) in [5, 5.41) is 0. The van der Waals surface area contributed by atoms with Crippen molar-refractivity contribution in [3.05, 3.63) is 29.8 Å². The predicted octanol–water partition coefficient (Wildman–Crippen LogP) is 3.74. The van der Waals surface area contributed by atoms with Gasteiger partial charge in [-0.2, -0.15) is 0 Å². The van der Waals surface area contributed by atoms with E-state index in [0.717, 1.165) is 25.7 Å². The molecule has 0 bridgehead atoms. The smallest absolute Gasteiger partial charge is 0.338 e. The molecule has 1 aliphatic carbocycles.